The molecular formula is C24H24N2O5S. The summed E-state index contributed by atoms with van der Waals surface area (Å²) in [4.78, 5) is 38.6. The van der Waals surface area contributed by atoms with Crippen LogP contribution in [-0.2, 0) is 23.9 Å². The van der Waals surface area contributed by atoms with Crippen LogP contribution in [0.4, 0.5) is 0 Å². The molecule has 166 valence electrons. The molecule has 0 saturated carbocycles. The number of amides is 1. The Labute approximate surface area is 190 Å². The fourth-order valence-electron chi connectivity index (χ4n) is 3.83. The molecule has 32 heavy (non-hydrogen) atoms. The van der Waals surface area contributed by atoms with Crippen molar-refractivity contribution in [2.24, 2.45) is 5.73 Å². The summed E-state index contributed by atoms with van der Waals surface area (Å²) in [6, 6.07) is 18.3. The van der Waals surface area contributed by atoms with Gasteiger partial charge in [-0.25, -0.2) is 0 Å². The Hall–Kier alpha value is -3.10. The van der Waals surface area contributed by atoms with E-state index < -0.39 is 35.4 Å². The van der Waals surface area contributed by atoms with Crippen molar-refractivity contribution >= 4 is 29.6 Å². The van der Waals surface area contributed by atoms with E-state index in [0.29, 0.717) is 5.57 Å². The van der Waals surface area contributed by atoms with E-state index in [1.807, 2.05) is 60.7 Å². The number of hydrogen-bond donors (Lipinski definition) is 1. The highest BCUT2D eigenvalue weighted by Crippen LogP contribution is 2.42. The molecule has 2 aromatic rings. The van der Waals surface area contributed by atoms with Crippen molar-refractivity contribution in [2.45, 2.75) is 42.7 Å². The summed E-state index contributed by atoms with van der Waals surface area (Å²) in [7, 11) is 0. The van der Waals surface area contributed by atoms with Gasteiger partial charge in [-0.05, 0) is 18.1 Å². The van der Waals surface area contributed by atoms with Gasteiger partial charge in [0, 0.05) is 18.7 Å². The molecule has 1 saturated heterocycles. The van der Waals surface area contributed by atoms with Gasteiger partial charge in [0.05, 0.1) is 0 Å². The van der Waals surface area contributed by atoms with Crippen LogP contribution < -0.4 is 5.73 Å². The second-order valence-corrected chi connectivity index (χ2v) is 8.92. The minimum Gasteiger partial charge on any atom is -0.458 e. The number of carbonyl (C=O) groups excluding carboxylic acids is 3. The Kier molecular flexibility index (Phi) is 6.34. The Morgan fingerprint density at radius 2 is 1.56 bits per heavy atom. The highest BCUT2D eigenvalue weighted by Gasteiger charge is 2.51. The molecule has 4 atom stereocenters. The van der Waals surface area contributed by atoms with Gasteiger partial charge in [-0.2, -0.15) is 0 Å². The number of carbonyl (C=O) groups is 3. The largest absolute Gasteiger partial charge is 0.458 e. The average molecular weight is 453 g/mol. The molecule has 2 aromatic carbocycles. The van der Waals surface area contributed by atoms with Gasteiger partial charge in [-0.15, -0.1) is 11.8 Å². The predicted octanol–water partition coefficient (Wildman–Crippen LogP) is 2.77. The lowest BCUT2D eigenvalue weighted by Crippen LogP contribution is -2.67. The molecular weight excluding hydrogens is 428 g/mol. The first-order valence-corrected chi connectivity index (χ1v) is 11.2. The fraction of sp³-hybridized carbons (Fsp3) is 0.292. The smallest absolute Gasteiger partial charge is 0.324 e. The SMILES string of the molecule is CC(=O)OC(C)C1=CN2C(=O)C(N)[C@H]2SC1C(=O)OC(c1ccccc1)c1ccccc1. The van der Waals surface area contributed by atoms with Crippen molar-refractivity contribution in [3.8, 4) is 0 Å². The Morgan fingerprint density at radius 3 is 2.09 bits per heavy atom. The molecule has 3 unspecified atom stereocenters. The molecule has 0 bridgehead atoms. The Morgan fingerprint density at radius 1 is 1.00 bits per heavy atom. The van der Waals surface area contributed by atoms with E-state index in [1.165, 1.54) is 23.6 Å². The number of β-lactam (4-membered cyclic amide) rings is 1. The van der Waals surface area contributed by atoms with Gasteiger partial charge in [0.1, 0.15) is 22.8 Å². The van der Waals surface area contributed by atoms with Gasteiger partial charge in [-0.1, -0.05) is 60.7 Å². The molecule has 2 aliphatic heterocycles. The number of ether oxygens (including phenoxy) is 2. The molecule has 0 radical (unpaired) electrons. The van der Waals surface area contributed by atoms with Crippen LogP contribution in [0.25, 0.3) is 0 Å². The van der Waals surface area contributed by atoms with E-state index in [4.69, 9.17) is 15.2 Å². The number of hydrogen-bond acceptors (Lipinski definition) is 7. The molecule has 0 aliphatic carbocycles. The van der Waals surface area contributed by atoms with Crippen LogP contribution in [0.1, 0.15) is 31.1 Å². The third kappa shape index (κ3) is 4.28. The van der Waals surface area contributed by atoms with E-state index in [0.717, 1.165) is 11.1 Å². The maximum absolute atomic E-state index is 13.5. The van der Waals surface area contributed by atoms with Crippen LogP contribution in [-0.4, -0.2) is 45.5 Å². The number of thioether (sulfide) groups is 1. The van der Waals surface area contributed by atoms with Crippen LogP contribution in [0.15, 0.2) is 72.4 Å². The zero-order valence-corrected chi connectivity index (χ0v) is 18.5. The lowest BCUT2D eigenvalue weighted by atomic mass is 10.0. The van der Waals surface area contributed by atoms with Crippen LogP contribution in [0.5, 0.6) is 0 Å². The summed E-state index contributed by atoms with van der Waals surface area (Å²) in [6.07, 6.45) is 0.271. The van der Waals surface area contributed by atoms with Crippen molar-refractivity contribution in [2.75, 3.05) is 0 Å². The third-order valence-electron chi connectivity index (χ3n) is 5.45. The van der Waals surface area contributed by atoms with Gasteiger partial charge in [0.25, 0.3) is 0 Å². The second kappa shape index (κ2) is 9.18. The zero-order valence-electron chi connectivity index (χ0n) is 17.7. The normalized spacial score (nSPS) is 23.0. The highest BCUT2D eigenvalue weighted by atomic mass is 32.2. The molecule has 2 heterocycles. The number of nitrogens with two attached hydrogens (primary N) is 1. The molecule has 2 aliphatic rings. The fourth-order valence-corrected chi connectivity index (χ4v) is 5.27. The minimum atomic E-state index is -0.764. The van der Waals surface area contributed by atoms with Crippen molar-refractivity contribution in [3.05, 3.63) is 83.6 Å². The predicted molar refractivity (Wildman–Crippen MR) is 120 cm³/mol. The van der Waals surface area contributed by atoms with Crippen molar-refractivity contribution < 1.29 is 23.9 Å². The van der Waals surface area contributed by atoms with Gasteiger partial charge < -0.3 is 20.1 Å². The standard InChI is InChI=1S/C24H24N2O5S/c1-14(30-15(2)27)18-13-26-22(28)19(25)23(26)32-21(18)24(29)31-20(16-9-5-3-6-10-16)17-11-7-4-8-12-17/h3-14,19-21,23H,25H2,1-2H3/t14?,19?,21?,23-/m1/s1. The van der Waals surface area contributed by atoms with Gasteiger partial charge in [0.15, 0.2) is 6.10 Å². The van der Waals surface area contributed by atoms with Crippen molar-refractivity contribution in [1.82, 2.24) is 4.90 Å². The van der Waals surface area contributed by atoms with Crippen LogP contribution in [0, 0.1) is 0 Å². The second-order valence-electron chi connectivity index (χ2n) is 7.70. The topological polar surface area (TPSA) is 98.9 Å². The first kappa shape index (κ1) is 22.1. The minimum absolute atomic E-state index is 0.228. The van der Waals surface area contributed by atoms with Gasteiger partial charge >= 0.3 is 11.9 Å². The van der Waals surface area contributed by atoms with Crippen LogP contribution >= 0.6 is 11.8 Å². The lowest BCUT2D eigenvalue weighted by Gasteiger charge is -2.48. The van der Waals surface area contributed by atoms with Crippen molar-refractivity contribution in [3.63, 3.8) is 0 Å². The first-order chi connectivity index (χ1) is 15.4. The number of rotatable bonds is 6. The molecule has 2 N–H and O–H groups in total. The lowest BCUT2D eigenvalue weighted by molar-refractivity contribution is -0.149. The van der Waals surface area contributed by atoms with Gasteiger partial charge in [-0.3, -0.25) is 14.4 Å². The Balaban J connectivity index is 1.64. The zero-order chi connectivity index (χ0) is 22.8. The van der Waals surface area contributed by atoms with E-state index in [-0.39, 0.29) is 11.3 Å². The first-order valence-electron chi connectivity index (χ1n) is 10.3. The van der Waals surface area contributed by atoms with E-state index in [9.17, 15) is 14.4 Å². The molecule has 1 amide bonds. The maximum atomic E-state index is 13.5. The summed E-state index contributed by atoms with van der Waals surface area (Å²) >= 11 is 1.24. The number of nitrogens with zero attached hydrogens (tertiary/aromatic N) is 1. The molecule has 4 rings (SSSR count). The summed E-state index contributed by atoms with van der Waals surface area (Å²) in [5, 5.41) is -1.13. The number of benzene rings is 2. The van der Waals surface area contributed by atoms with E-state index in [2.05, 4.69) is 0 Å². The monoisotopic (exact) mass is 452 g/mol. The van der Waals surface area contributed by atoms with Crippen LogP contribution in [0.3, 0.4) is 0 Å². The summed E-state index contributed by atoms with van der Waals surface area (Å²) in [5.41, 5.74) is 8.11. The molecule has 0 aromatic heterocycles. The molecule has 8 heteroatoms. The van der Waals surface area contributed by atoms with E-state index >= 15 is 0 Å². The van der Waals surface area contributed by atoms with Crippen LogP contribution in [0.2, 0.25) is 0 Å². The van der Waals surface area contributed by atoms with E-state index in [1.54, 1.807) is 13.1 Å². The third-order valence-corrected chi connectivity index (χ3v) is 6.99. The van der Waals surface area contributed by atoms with Crippen molar-refractivity contribution in [1.29, 1.82) is 0 Å². The summed E-state index contributed by atoms with van der Waals surface area (Å²) < 4.78 is 11.3. The molecule has 0 spiro atoms. The Bertz CT molecular complexity index is 1000. The summed E-state index contributed by atoms with van der Waals surface area (Å²) in [5.74, 6) is -1.19. The highest BCUT2D eigenvalue weighted by molar-refractivity contribution is 8.01. The number of fused-ring (bicyclic) bond motifs is 1. The summed E-state index contributed by atoms with van der Waals surface area (Å²) in [6.45, 7) is 2.97. The average Bonchev–Trinajstić information content (AvgIpc) is 2.81. The molecule has 1 fully saturated rings. The quantitative estimate of drug-likeness (QED) is 0.531. The number of esters is 2. The molecule has 7 nitrogen and oxygen atoms in total. The van der Waals surface area contributed by atoms with Gasteiger partial charge in [0.2, 0.25) is 5.91 Å². The maximum Gasteiger partial charge on any atom is 0.324 e.